The molecular formula is C25H26FN3O2. The lowest BCUT2D eigenvalue weighted by atomic mass is 9.83. The molecule has 1 heterocycles. The second kappa shape index (κ2) is 8.46. The number of nitrogens with zero attached hydrogens (tertiary/aromatic N) is 1. The average Bonchev–Trinajstić information content (AvgIpc) is 3.59. The van der Waals surface area contributed by atoms with E-state index in [0.717, 1.165) is 29.8 Å². The van der Waals surface area contributed by atoms with Gasteiger partial charge in [0.1, 0.15) is 11.6 Å². The lowest BCUT2D eigenvalue weighted by Crippen LogP contribution is -2.42. The van der Waals surface area contributed by atoms with Gasteiger partial charge in [-0.3, -0.25) is 9.59 Å². The Morgan fingerprint density at radius 1 is 1.16 bits per heavy atom. The molecule has 1 fully saturated rings. The fraction of sp³-hybridized carbons (Fsp3) is 0.320. The van der Waals surface area contributed by atoms with Crippen LogP contribution in [0, 0.1) is 5.82 Å². The van der Waals surface area contributed by atoms with Gasteiger partial charge in [0, 0.05) is 18.4 Å². The monoisotopic (exact) mass is 419 g/mol. The smallest absolute Gasteiger partial charge is 0.251 e. The molecule has 2 aromatic carbocycles. The predicted molar refractivity (Wildman–Crippen MR) is 117 cm³/mol. The number of hydrogen-bond donors (Lipinski definition) is 2. The molecule has 0 radical (unpaired) electrons. The lowest BCUT2D eigenvalue weighted by Gasteiger charge is -2.28. The summed E-state index contributed by atoms with van der Waals surface area (Å²) in [6.45, 7) is 3.63. The molecule has 160 valence electrons. The van der Waals surface area contributed by atoms with E-state index in [1.165, 1.54) is 18.2 Å². The maximum atomic E-state index is 13.3. The molecule has 1 atom stereocenters. The number of aromatic nitrogens is 2. The summed E-state index contributed by atoms with van der Waals surface area (Å²) in [7, 11) is 0. The molecule has 31 heavy (non-hydrogen) atoms. The fourth-order valence-electron chi connectivity index (χ4n) is 3.67. The van der Waals surface area contributed by atoms with Gasteiger partial charge in [-0.2, -0.15) is 0 Å². The highest BCUT2D eigenvalue weighted by Crippen LogP contribution is 2.37. The summed E-state index contributed by atoms with van der Waals surface area (Å²) in [5, 5.41) is 3.13. The van der Waals surface area contributed by atoms with Crippen molar-refractivity contribution in [2.75, 3.05) is 0 Å². The first-order chi connectivity index (χ1) is 14.8. The highest BCUT2D eigenvalue weighted by atomic mass is 19.1. The van der Waals surface area contributed by atoms with Crippen LogP contribution in [-0.4, -0.2) is 15.9 Å². The summed E-state index contributed by atoms with van der Waals surface area (Å²) < 4.78 is 13.3. The highest BCUT2D eigenvalue weighted by Gasteiger charge is 2.32. The van der Waals surface area contributed by atoms with Crippen LogP contribution in [0.15, 0.2) is 65.5 Å². The van der Waals surface area contributed by atoms with Crippen LogP contribution in [0.25, 0.3) is 0 Å². The standard InChI is InChI=1S/C25H26FN3O2/c1-25(2,18-10-12-19(26)13-11-18)24(31)28-21(16-6-4-3-5-7-16)14-20-15-22(30)29-23(27-20)17-8-9-17/h3-7,10-13,15,17,21H,8-9,14H2,1-2H3,(H,28,31)(H,27,29,30)/t21-/m1/s1. The van der Waals surface area contributed by atoms with E-state index in [9.17, 15) is 14.0 Å². The quantitative estimate of drug-likeness (QED) is 0.604. The third-order valence-corrected chi connectivity index (χ3v) is 5.83. The summed E-state index contributed by atoms with van der Waals surface area (Å²) in [4.78, 5) is 32.9. The first-order valence-corrected chi connectivity index (χ1v) is 10.5. The molecule has 1 aliphatic carbocycles. The summed E-state index contributed by atoms with van der Waals surface area (Å²) >= 11 is 0. The number of H-pyrrole nitrogens is 1. The van der Waals surface area contributed by atoms with Gasteiger partial charge in [0.05, 0.1) is 17.2 Å². The molecule has 3 aromatic rings. The largest absolute Gasteiger partial charge is 0.348 e. The number of aromatic amines is 1. The molecule has 1 amide bonds. The van der Waals surface area contributed by atoms with Gasteiger partial charge in [-0.25, -0.2) is 9.37 Å². The van der Waals surface area contributed by atoms with Crippen molar-refractivity contribution in [1.82, 2.24) is 15.3 Å². The second-order valence-corrected chi connectivity index (χ2v) is 8.67. The van der Waals surface area contributed by atoms with Crippen LogP contribution in [0.4, 0.5) is 4.39 Å². The molecule has 0 spiro atoms. The number of hydrogen-bond acceptors (Lipinski definition) is 3. The molecule has 1 aromatic heterocycles. The van der Waals surface area contributed by atoms with E-state index >= 15 is 0 Å². The zero-order chi connectivity index (χ0) is 22.0. The molecule has 0 aliphatic heterocycles. The van der Waals surface area contributed by atoms with E-state index < -0.39 is 5.41 Å². The van der Waals surface area contributed by atoms with Crippen molar-refractivity contribution >= 4 is 5.91 Å². The zero-order valence-electron chi connectivity index (χ0n) is 17.7. The third-order valence-electron chi connectivity index (χ3n) is 5.83. The Bertz CT molecular complexity index is 1120. The summed E-state index contributed by atoms with van der Waals surface area (Å²) in [6, 6.07) is 16.8. The van der Waals surface area contributed by atoms with Crippen LogP contribution in [0.3, 0.4) is 0 Å². The molecule has 6 heteroatoms. The first kappa shape index (κ1) is 21.0. The van der Waals surface area contributed by atoms with Crippen molar-refractivity contribution in [3.63, 3.8) is 0 Å². The van der Waals surface area contributed by atoms with Gasteiger partial charge >= 0.3 is 0 Å². The maximum absolute atomic E-state index is 13.3. The fourth-order valence-corrected chi connectivity index (χ4v) is 3.67. The van der Waals surface area contributed by atoms with Gasteiger partial charge < -0.3 is 10.3 Å². The highest BCUT2D eigenvalue weighted by molar-refractivity contribution is 5.87. The predicted octanol–water partition coefficient (Wildman–Crippen LogP) is 4.16. The minimum atomic E-state index is -0.860. The Labute approximate surface area is 180 Å². The van der Waals surface area contributed by atoms with Crippen LogP contribution in [0.5, 0.6) is 0 Å². The second-order valence-electron chi connectivity index (χ2n) is 8.67. The van der Waals surface area contributed by atoms with Crippen molar-refractivity contribution in [3.8, 4) is 0 Å². The normalized spacial score (nSPS) is 14.8. The average molecular weight is 420 g/mol. The zero-order valence-corrected chi connectivity index (χ0v) is 17.7. The number of carbonyl (C=O) groups excluding carboxylic acids is 1. The van der Waals surface area contributed by atoms with Crippen LogP contribution in [0.2, 0.25) is 0 Å². The number of rotatable bonds is 7. The van der Waals surface area contributed by atoms with Crippen LogP contribution in [0.1, 0.15) is 61.3 Å². The Hall–Kier alpha value is -3.28. The number of halogens is 1. The number of nitrogens with one attached hydrogen (secondary N) is 2. The van der Waals surface area contributed by atoms with Crippen molar-refractivity contribution in [1.29, 1.82) is 0 Å². The van der Waals surface area contributed by atoms with E-state index in [1.54, 1.807) is 12.1 Å². The van der Waals surface area contributed by atoms with E-state index in [2.05, 4.69) is 15.3 Å². The van der Waals surface area contributed by atoms with Crippen LogP contribution < -0.4 is 10.9 Å². The molecule has 0 bridgehead atoms. The van der Waals surface area contributed by atoms with Gasteiger partial charge in [-0.1, -0.05) is 42.5 Å². The molecular weight excluding hydrogens is 393 g/mol. The molecule has 4 rings (SSSR count). The van der Waals surface area contributed by atoms with Crippen molar-refractivity contribution in [2.24, 2.45) is 0 Å². The number of carbonyl (C=O) groups is 1. The molecule has 1 aliphatic rings. The minimum Gasteiger partial charge on any atom is -0.348 e. The van der Waals surface area contributed by atoms with E-state index in [0.29, 0.717) is 18.0 Å². The Balaban J connectivity index is 1.61. The maximum Gasteiger partial charge on any atom is 0.251 e. The molecule has 0 unspecified atom stereocenters. The first-order valence-electron chi connectivity index (χ1n) is 10.5. The van der Waals surface area contributed by atoms with E-state index in [1.807, 2.05) is 44.2 Å². The molecule has 0 saturated heterocycles. The van der Waals surface area contributed by atoms with Gasteiger partial charge in [0.2, 0.25) is 5.91 Å². The lowest BCUT2D eigenvalue weighted by molar-refractivity contribution is -0.126. The summed E-state index contributed by atoms with van der Waals surface area (Å²) in [6.07, 6.45) is 2.48. The molecule has 2 N–H and O–H groups in total. The van der Waals surface area contributed by atoms with Gasteiger partial charge in [0.15, 0.2) is 0 Å². The number of amides is 1. The SMILES string of the molecule is CC(C)(C(=O)N[C@H](Cc1cc(=O)[nH]c(C2CC2)n1)c1ccccc1)c1ccc(F)cc1. The third kappa shape index (κ3) is 4.90. The number of benzene rings is 2. The molecule has 5 nitrogen and oxygen atoms in total. The van der Waals surface area contributed by atoms with Gasteiger partial charge in [0.25, 0.3) is 5.56 Å². The van der Waals surface area contributed by atoms with E-state index in [-0.39, 0.29) is 23.3 Å². The van der Waals surface area contributed by atoms with E-state index in [4.69, 9.17) is 0 Å². The van der Waals surface area contributed by atoms with Gasteiger partial charge in [-0.15, -0.1) is 0 Å². The molecule has 1 saturated carbocycles. The summed E-state index contributed by atoms with van der Waals surface area (Å²) in [5.41, 5.74) is 1.28. The van der Waals surface area contributed by atoms with Crippen LogP contribution >= 0.6 is 0 Å². The summed E-state index contributed by atoms with van der Waals surface area (Å²) in [5.74, 6) is 0.538. The van der Waals surface area contributed by atoms with Gasteiger partial charge in [-0.05, 0) is 49.9 Å². The Morgan fingerprint density at radius 2 is 1.84 bits per heavy atom. The topological polar surface area (TPSA) is 74.8 Å². The minimum absolute atomic E-state index is 0.170. The van der Waals surface area contributed by atoms with Crippen molar-refractivity contribution in [2.45, 2.75) is 50.5 Å². The van der Waals surface area contributed by atoms with Crippen molar-refractivity contribution < 1.29 is 9.18 Å². The Kier molecular flexibility index (Phi) is 5.72. The van der Waals surface area contributed by atoms with Crippen LogP contribution in [-0.2, 0) is 16.6 Å². The Morgan fingerprint density at radius 3 is 2.48 bits per heavy atom. The van der Waals surface area contributed by atoms with Crippen molar-refractivity contribution in [3.05, 3.63) is 99.5 Å².